The minimum Gasteiger partial charge on any atom is -0.383 e. The summed E-state index contributed by atoms with van der Waals surface area (Å²) >= 11 is 3.53. The molecule has 0 aromatic heterocycles. The molecular weight excluding hydrogens is 332 g/mol. The summed E-state index contributed by atoms with van der Waals surface area (Å²) in [5.41, 5.74) is 1.43. The molecule has 0 unspecified atom stereocenters. The first-order chi connectivity index (χ1) is 10.2. The first-order valence-electron chi connectivity index (χ1n) is 7.39. The maximum Gasteiger partial charge on any atom is 0.233 e. The van der Waals surface area contributed by atoms with Crippen LogP contribution in [0.2, 0.25) is 0 Å². The molecule has 4 nitrogen and oxygen atoms in total. The summed E-state index contributed by atoms with van der Waals surface area (Å²) in [5.74, 6) is 0.0485. The van der Waals surface area contributed by atoms with Crippen LogP contribution in [0.3, 0.4) is 0 Å². The molecule has 116 valence electrons. The SMILES string of the molecule is COCCNCC(=O)NCC1(c2cccc(Br)c2)CCC1. The molecule has 2 N–H and O–H groups in total. The number of carbonyl (C=O) groups excluding carboxylic acids is 1. The Morgan fingerprint density at radius 3 is 2.86 bits per heavy atom. The van der Waals surface area contributed by atoms with Crippen molar-refractivity contribution in [1.82, 2.24) is 10.6 Å². The third-order valence-corrected chi connectivity index (χ3v) is 4.63. The van der Waals surface area contributed by atoms with Crippen LogP contribution in [0.4, 0.5) is 0 Å². The van der Waals surface area contributed by atoms with E-state index < -0.39 is 0 Å². The summed E-state index contributed by atoms with van der Waals surface area (Å²) in [6, 6.07) is 8.43. The monoisotopic (exact) mass is 354 g/mol. The normalized spacial score (nSPS) is 16.3. The second kappa shape index (κ2) is 7.92. The Labute approximate surface area is 134 Å². The number of carbonyl (C=O) groups is 1. The van der Waals surface area contributed by atoms with Gasteiger partial charge in [0, 0.05) is 30.1 Å². The Bertz CT molecular complexity index is 475. The first-order valence-corrected chi connectivity index (χ1v) is 8.18. The van der Waals surface area contributed by atoms with Crippen LogP contribution in [0, 0.1) is 0 Å². The van der Waals surface area contributed by atoms with E-state index in [9.17, 15) is 4.79 Å². The van der Waals surface area contributed by atoms with E-state index in [4.69, 9.17) is 4.74 Å². The van der Waals surface area contributed by atoms with Crippen LogP contribution in [0.25, 0.3) is 0 Å². The largest absolute Gasteiger partial charge is 0.383 e. The smallest absolute Gasteiger partial charge is 0.233 e. The van der Waals surface area contributed by atoms with E-state index in [1.54, 1.807) is 7.11 Å². The zero-order chi connectivity index (χ0) is 15.1. The minimum atomic E-state index is 0.0485. The van der Waals surface area contributed by atoms with Gasteiger partial charge in [-0.1, -0.05) is 34.5 Å². The highest BCUT2D eigenvalue weighted by Gasteiger charge is 2.38. The van der Waals surface area contributed by atoms with Gasteiger partial charge in [0.1, 0.15) is 0 Å². The molecule has 0 saturated heterocycles. The molecule has 0 radical (unpaired) electrons. The maximum absolute atomic E-state index is 11.9. The van der Waals surface area contributed by atoms with Crippen LogP contribution in [-0.2, 0) is 14.9 Å². The summed E-state index contributed by atoms with van der Waals surface area (Å²) in [6.07, 6.45) is 3.51. The zero-order valence-electron chi connectivity index (χ0n) is 12.5. The molecule has 0 atom stereocenters. The van der Waals surface area contributed by atoms with Gasteiger partial charge in [-0.25, -0.2) is 0 Å². The van der Waals surface area contributed by atoms with Gasteiger partial charge in [-0.05, 0) is 30.5 Å². The lowest BCUT2D eigenvalue weighted by atomic mass is 9.64. The number of ether oxygens (including phenoxy) is 1. The van der Waals surface area contributed by atoms with Gasteiger partial charge in [0.2, 0.25) is 5.91 Å². The van der Waals surface area contributed by atoms with Gasteiger partial charge in [0.05, 0.1) is 13.2 Å². The average molecular weight is 355 g/mol. The number of nitrogens with one attached hydrogen (secondary N) is 2. The van der Waals surface area contributed by atoms with Crippen molar-refractivity contribution < 1.29 is 9.53 Å². The number of hydrogen-bond donors (Lipinski definition) is 2. The van der Waals surface area contributed by atoms with Crippen molar-refractivity contribution in [2.45, 2.75) is 24.7 Å². The van der Waals surface area contributed by atoms with Crippen LogP contribution in [0.15, 0.2) is 28.7 Å². The van der Waals surface area contributed by atoms with Gasteiger partial charge in [-0.15, -0.1) is 0 Å². The fraction of sp³-hybridized carbons (Fsp3) is 0.562. The Morgan fingerprint density at radius 2 is 2.24 bits per heavy atom. The third kappa shape index (κ3) is 4.53. The summed E-state index contributed by atoms with van der Waals surface area (Å²) in [7, 11) is 1.65. The highest BCUT2D eigenvalue weighted by Crippen LogP contribution is 2.43. The lowest BCUT2D eigenvalue weighted by molar-refractivity contribution is -0.120. The number of hydrogen-bond acceptors (Lipinski definition) is 3. The second-order valence-corrected chi connectivity index (χ2v) is 6.51. The van der Waals surface area contributed by atoms with Crippen LogP contribution in [0.1, 0.15) is 24.8 Å². The molecule has 0 bridgehead atoms. The number of amides is 1. The van der Waals surface area contributed by atoms with Crippen molar-refractivity contribution >= 4 is 21.8 Å². The van der Waals surface area contributed by atoms with Gasteiger partial charge < -0.3 is 15.4 Å². The highest BCUT2D eigenvalue weighted by atomic mass is 79.9. The van der Waals surface area contributed by atoms with Gasteiger partial charge >= 0.3 is 0 Å². The van der Waals surface area contributed by atoms with Crippen molar-refractivity contribution in [1.29, 1.82) is 0 Å². The lowest BCUT2D eigenvalue weighted by Crippen LogP contribution is -2.47. The molecule has 1 aliphatic rings. The quantitative estimate of drug-likeness (QED) is 0.703. The fourth-order valence-electron chi connectivity index (χ4n) is 2.70. The number of methoxy groups -OCH3 is 1. The fourth-order valence-corrected chi connectivity index (χ4v) is 3.10. The Kier molecular flexibility index (Phi) is 6.21. The van der Waals surface area contributed by atoms with E-state index in [-0.39, 0.29) is 11.3 Å². The Hall–Kier alpha value is -0.910. The maximum atomic E-state index is 11.9. The first kappa shape index (κ1) is 16.5. The van der Waals surface area contributed by atoms with Crippen molar-refractivity contribution in [2.75, 3.05) is 33.4 Å². The van der Waals surface area contributed by atoms with Crippen molar-refractivity contribution in [3.05, 3.63) is 34.3 Å². The number of halogens is 1. The van der Waals surface area contributed by atoms with Crippen LogP contribution in [0.5, 0.6) is 0 Å². The van der Waals surface area contributed by atoms with Gasteiger partial charge in [-0.2, -0.15) is 0 Å². The molecule has 1 aromatic rings. The summed E-state index contributed by atoms with van der Waals surface area (Å²) in [6.45, 7) is 2.38. The number of rotatable bonds is 8. The van der Waals surface area contributed by atoms with E-state index in [0.717, 1.165) is 17.3 Å². The molecular formula is C16H23BrN2O2. The summed E-state index contributed by atoms with van der Waals surface area (Å²) in [4.78, 5) is 11.9. The second-order valence-electron chi connectivity index (χ2n) is 5.59. The average Bonchev–Trinajstić information content (AvgIpc) is 2.43. The Balaban J connectivity index is 1.84. The van der Waals surface area contributed by atoms with Crippen LogP contribution in [-0.4, -0.2) is 39.3 Å². The minimum absolute atomic E-state index is 0.0485. The Morgan fingerprint density at radius 1 is 1.43 bits per heavy atom. The zero-order valence-corrected chi connectivity index (χ0v) is 14.0. The number of benzene rings is 1. The molecule has 1 amide bonds. The molecule has 0 heterocycles. The van der Waals surface area contributed by atoms with Gasteiger partial charge in [0.25, 0.3) is 0 Å². The van der Waals surface area contributed by atoms with Gasteiger partial charge in [0.15, 0.2) is 0 Å². The van der Waals surface area contributed by atoms with Gasteiger partial charge in [-0.3, -0.25) is 4.79 Å². The van der Waals surface area contributed by atoms with Crippen LogP contribution < -0.4 is 10.6 Å². The molecule has 0 aliphatic heterocycles. The topological polar surface area (TPSA) is 50.4 Å². The summed E-state index contributed by atoms with van der Waals surface area (Å²) in [5, 5.41) is 6.13. The molecule has 1 aromatic carbocycles. The van der Waals surface area contributed by atoms with E-state index in [1.807, 2.05) is 6.07 Å². The predicted octanol–water partition coefficient (Wildman–Crippen LogP) is 2.22. The molecule has 1 saturated carbocycles. The molecule has 5 heteroatoms. The molecule has 0 spiro atoms. The van der Waals surface area contributed by atoms with Crippen molar-refractivity contribution in [2.24, 2.45) is 0 Å². The van der Waals surface area contributed by atoms with E-state index in [0.29, 0.717) is 26.2 Å². The van der Waals surface area contributed by atoms with Crippen molar-refractivity contribution in [3.63, 3.8) is 0 Å². The van der Waals surface area contributed by atoms with Crippen molar-refractivity contribution in [3.8, 4) is 0 Å². The summed E-state index contributed by atoms with van der Waals surface area (Å²) < 4.78 is 6.03. The molecule has 2 rings (SSSR count). The third-order valence-electron chi connectivity index (χ3n) is 4.14. The van der Waals surface area contributed by atoms with E-state index in [2.05, 4.69) is 44.8 Å². The molecule has 1 aliphatic carbocycles. The van der Waals surface area contributed by atoms with Crippen LogP contribution >= 0.6 is 15.9 Å². The molecule has 21 heavy (non-hydrogen) atoms. The standard InChI is InChI=1S/C16H23BrN2O2/c1-21-9-8-18-11-15(20)19-12-16(6-3-7-16)13-4-2-5-14(17)10-13/h2,4-5,10,18H,3,6-9,11-12H2,1H3,(H,19,20). The highest BCUT2D eigenvalue weighted by molar-refractivity contribution is 9.10. The van der Waals surface area contributed by atoms with E-state index in [1.165, 1.54) is 12.0 Å². The predicted molar refractivity (Wildman–Crippen MR) is 87.4 cm³/mol. The lowest BCUT2D eigenvalue weighted by Gasteiger charge is -2.42. The van der Waals surface area contributed by atoms with E-state index >= 15 is 0 Å². The molecule has 1 fully saturated rings.